The third-order valence-electron chi connectivity index (χ3n) is 5.13. The Morgan fingerprint density at radius 3 is 2.50 bits per heavy atom. The van der Waals surface area contributed by atoms with Crippen LogP contribution in [-0.2, 0) is 12.6 Å². The Morgan fingerprint density at radius 1 is 1.07 bits per heavy atom. The van der Waals surface area contributed by atoms with Crippen LogP contribution in [0.2, 0.25) is 0 Å². The van der Waals surface area contributed by atoms with E-state index in [1.807, 2.05) is 18.3 Å². The van der Waals surface area contributed by atoms with Gasteiger partial charge in [0.25, 0.3) is 0 Å². The number of alkyl halides is 3. The molecule has 2 nitrogen and oxygen atoms in total. The highest BCUT2D eigenvalue weighted by Crippen LogP contribution is 2.30. The molecule has 1 atom stereocenters. The first-order valence-electron chi connectivity index (χ1n) is 9.93. The Labute approximate surface area is 165 Å². The fourth-order valence-corrected chi connectivity index (χ4v) is 3.99. The van der Waals surface area contributed by atoms with Crippen LogP contribution in [0.3, 0.4) is 0 Å². The summed E-state index contributed by atoms with van der Waals surface area (Å²) in [5.74, 6) is 0.429. The van der Waals surface area contributed by atoms with Crippen LogP contribution in [-0.4, -0.2) is 29.5 Å². The van der Waals surface area contributed by atoms with Crippen molar-refractivity contribution in [3.63, 3.8) is 0 Å². The number of likely N-dealkylation sites (tertiary alicyclic amines) is 1. The Hall–Kier alpha value is -1.88. The molecule has 0 unspecified atom stereocenters. The highest BCUT2D eigenvalue weighted by Gasteiger charge is 2.30. The first kappa shape index (κ1) is 20.8. The molecule has 2 heterocycles. The number of pyridine rings is 1. The van der Waals surface area contributed by atoms with E-state index in [9.17, 15) is 13.2 Å². The van der Waals surface area contributed by atoms with Crippen molar-refractivity contribution in [1.29, 1.82) is 0 Å². The minimum absolute atomic E-state index is 0.282. The highest BCUT2D eigenvalue weighted by molar-refractivity contribution is 5.30. The van der Waals surface area contributed by atoms with Crippen LogP contribution in [0.4, 0.5) is 13.2 Å². The van der Waals surface area contributed by atoms with Gasteiger partial charge in [-0.05, 0) is 54.5 Å². The number of halogens is 3. The first-order valence-corrected chi connectivity index (χ1v) is 9.93. The summed E-state index contributed by atoms with van der Waals surface area (Å²) >= 11 is 0. The molecule has 1 saturated heterocycles. The van der Waals surface area contributed by atoms with Crippen molar-refractivity contribution in [3.05, 3.63) is 65.0 Å². The maximum Gasteiger partial charge on any atom is 0.416 e. The summed E-state index contributed by atoms with van der Waals surface area (Å²) in [5, 5.41) is 0. The van der Waals surface area contributed by atoms with Crippen molar-refractivity contribution in [2.24, 2.45) is 5.41 Å². The summed E-state index contributed by atoms with van der Waals surface area (Å²) in [4.78, 5) is 7.17. The van der Waals surface area contributed by atoms with Gasteiger partial charge in [-0.3, -0.25) is 4.98 Å². The zero-order chi connectivity index (χ0) is 20.4. The van der Waals surface area contributed by atoms with Crippen molar-refractivity contribution in [1.82, 2.24) is 9.88 Å². The normalized spacial score (nSPS) is 19.0. The van der Waals surface area contributed by atoms with Gasteiger partial charge in [-0.15, -0.1) is 0 Å². The molecule has 0 radical (unpaired) electrons. The number of piperidine rings is 1. The van der Waals surface area contributed by atoms with Gasteiger partial charge in [0.15, 0.2) is 0 Å². The fourth-order valence-electron chi connectivity index (χ4n) is 3.99. The number of nitrogens with zero attached hydrogens (tertiary/aromatic N) is 2. The molecular weight excluding hydrogens is 361 g/mol. The second-order valence-electron chi connectivity index (χ2n) is 9.10. The fraction of sp³-hybridized carbons (Fsp3) is 0.522. The van der Waals surface area contributed by atoms with Gasteiger partial charge in [0.05, 0.1) is 5.56 Å². The van der Waals surface area contributed by atoms with Gasteiger partial charge >= 0.3 is 6.18 Å². The van der Waals surface area contributed by atoms with E-state index < -0.39 is 11.7 Å². The first-order chi connectivity index (χ1) is 13.1. The molecule has 1 aliphatic heterocycles. The van der Waals surface area contributed by atoms with Gasteiger partial charge in [0.1, 0.15) is 0 Å². The van der Waals surface area contributed by atoms with Crippen molar-refractivity contribution in [3.8, 4) is 0 Å². The summed E-state index contributed by atoms with van der Waals surface area (Å²) in [5.41, 5.74) is 2.36. The van der Waals surface area contributed by atoms with Crippen molar-refractivity contribution < 1.29 is 13.2 Å². The molecule has 1 fully saturated rings. The zero-order valence-corrected chi connectivity index (χ0v) is 16.9. The smallest absolute Gasteiger partial charge is 0.302 e. The van der Waals surface area contributed by atoms with Crippen LogP contribution in [0, 0.1) is 5.41 Å². The number of rotatable bonds is 4. The molecule has 28 heavy (non-hydrogen) atoms. The monoisotopic (exact) mass is 390 g/mol. The molecule has 1 aromatic heterocycles. The largest absolute Gasteiger partial charge is 0.416 e. The maximum atomic E-state index is 12.9. The molecule has 0 bridgehead atoms. The average molecular weight is 390 g/mol. The Balaban J connectivity index is 1.65. The van der Waals surface area contributed by atoms with Gasteiger partial charge in [-0.1, -0.05) is 45.0 Å². The van der Waals surface area contributed by atoms with Gasteiger partial charge < -0.3 is 4.90 Å². The average Bonchev–Trinajstić information content (AvgIpc) is 2.61. The lowest BCUT2D eigenvalue weighted by Crippen LogP contribution is -2.39. The second kappa shape index (κ2) is 8.24. The minimum Gasteiger partial charge on any atom is -0.302 e. The third kappa shape index (κ3) is 5.81. The summed E-state index contributed by atoms with van der Waals surface area (Å²) in [7, 11) is 0. The van der Waals surface area contributed by atoms with E-state index in [0.29, 0.717) is 17.9 Å². The Morgan fingerprint density at radius 2 is 1.86 bits per heavy atom. The Bertz CT molecular complexity index is 776. The number of benzene rings is 1. The molecule has 0 N–H and O–H groups in total. The maximum absolute atomic E-state index is 12.9. The number of aromatic nitrogens is 1. The van der Waals surface area contributed by atoms with Crippen molar-refractivity contribution >= 4 is 0 Å². The van der Waals surface area contributed by atoms with E-state index >= 15 is 0 Å². The molecule has 5 heteroatoms. The van der Waals surface area contributed by atoms with Crippen LogP contribution in [0.25, 0.3) is 0 Å². The van der Waals surface area contributed by atoms with Crippen LogP contribution in [0.15, 0.2) is 42.6 Å². The topological polar surface area (TPSA) is 16.1 Å². The van der Waals surface area contributed by atoms with Gasteiger partial charge in [0.2, 0.25) is 0 Å². The van der Waals surface area contributed by atoms with Gasteiger partial charge in [-0.2, -0.15) is 13.2 Å². The molecule has 0 spiro atoms. The van der Waals surface area contributed by atoms with Crippen LogP contribution >= 0.6 is 0 Å². The lowest BCUT2D eigenvalue weighted by molar-refractivity contribution is -0.137. The zero-order valence-electron chi connectivity index (χ0n) is 16.9. The van der Waals surface area contributed by atoms with E-state index in [0.717, 1.165) is 43.4 Å². The highest BCUT2D eigenvalue weighted by atomic mass is 19.4. The van der Waals surface area contributed by atoms with Crippen LogP contribution in [0.1, 0.15) is 61.9 Å². The molecule has 0 saturated carbocycles. The number of hydrogen-bond acceptors (Lipinski definition) is 2. The van der Waals surface area contributed by atoms with Crippen LogP contribution in [0.5, 0.6) is 0 Å². The molecule has 152 valence electrons. The predicted octanol–water partition coefficient (Wildman–Crippen LogP) is 5.92. The molecule has 1 aromatic carbocycles. The van der Waals surface area contributed by atoms with E-state index in [4.69, 9.17) is 0 Å². The molecule has 0 aliphatic carbocycles. The van der Waals surface area contributed by atoms with Gasteiger partial charge in [-0.25, -0.2) is 0 Å². The number of hydrogen-bond donors (Lipinski definition) is 0. The van der Waals surface area contributed by atoms with Crippen LogP contribution < -0.4 is 0 Å². The van der Waals surface area contributed by atoms with E-state index in [1.165, 1.54) is 18.6 Å². The molecule has 1 aliphatic rings. The SMILES string of the molecule is CC(C)(C)CN1CCC[C@H](c2ccc(Cc3cccc(C(F)(F)F)c3)cn2)C1. The second-order valence-corrected chi connectivity index (χ2v) is 9.10. The lowest BCUT2D eigenvalue weighted by atomic mass is 9.90. The summed E-state index contributed by atoms with van der Waals surface area (Å²) in [6.45, 7) is 10.0. The Kier molecular flexibility index (Phi) is 6.13. The van der Waals surface area contributed by atoms with E-state index in [2.05, 4.69) is 30.7 Å². The lowest BCUT2D eigenvalue weighted by Gasteiger charge is -2.36. The summed E-state index contributed by atoms with van der Waals surface area (Å²) < 4.78 is 38.7. The molecule has 2 aromatic rings. The minimum atomic E-state index is -4.31. The van der Waals surface area contributed by atoms with Crippen molar-refractivity contribution in [2.75, 3.05) is 19.6 Å². The van der Waals surface area contributed by atoms with Crippen molar-refractivity contribution in [2.45, 2.75) is 52.1 Å². The van der Waals surface area contributed by atoms with E-state index in [1.54, 1.807) is 6.07 Å². The predicted molar refractivity (Wildman–Crippen MR) is 106 cm³/mol. The standard InChI is InChI=1S/C23H29F3N2/c1-22(2,3)16-28-11-5-7-19(15-28)21-10-9-18(14-27-21)12-17-6-4-8-20(13-17)23(24,25)26/h4,6,8-10,13-14,19H,5,7,11-12,15-16H2,1-3H3/t19-/m0/s1. The van der Waals surface area contributed by atoms with Gasteiger partial charge in [0, 0.05) is 30.9 Å². The van der Waals surface area contributed by atoms with E-state index in [-0.39, 0.29) is 5.41 Å². The quantitative estimate of drug-likeness (QED) is 0.644. The summed E-state index contributed by atoms with van der Waals surface area (Å²) in [6.07, 6.45) is 0.281. The molecule has 3 rings (SSSR count). The molecular formula is C23H29F3N2. The molecule has 0 amide bonds. The third-order valence-corrected chi connectivity index (χ3v) is 5.13. The summed E-state index contributed by atoms with van der Waals surface area (Å²) in [6, 6.07) is 9.58.